The minimum absolute atomic E-state index is 0.0395. The summed E-state index contributed by atoms with van der Waals surface area (Å²) in [4.78, 5) is 0. The molecule has 0 saturated heterocycles. The Hall–Kier alpha value is 0.0706. The quantitative estimate of drug-likeness (QED) is 0.636. The minimum Gasteiger partial charge on any atom is -0.493 e. The molecule has 1 heterocycles. The number of rotatable bonds is 7. The van der Waals surface area contributed by atoms with Gasteiger partial charge in [-0.2, -0.15) is 0 Å². The SMILES string of the molecule is C[Si](C)(C)OC[C@H]1OC=C[C@@H](O[Si](C)(C)C)[C@@H]1O[Si](C)(C)C. The molecule has 0 saturated carbocycles. The summed E-state index contributed by atoms with van der Waals surface area (Å²) >= 11 is 0. The summed E-state index contributed by atoms with van der Waals surface area (Å²) in [5.74, 6) is 0. The normalized spacial score (nSPS) is 26.9. The monoisotopic (exact) mass is 362 g/mol. The predicted molar refractivity (Wildman–Crippen MR) is 99.7 cm³/mol. The number of hydrogen-bond acceptors (Lipinski definition) is 4. The summed E-state index contributed by atoms with van der Waals surface area (Å²) in [5.41, 5.74) is 0. The topological polar surface area (TPSA) is 36.9 Å². The van der Waals surface area contributed by atoms with E-state index in [-0.39, 0.29) is 18.3 Å². The van der Waals surface area contributed by atoms with Gasteiger partial charge in [-0.3, -0.25) is 0 Å². The maximum Gasteiger partial charge on any atom is 0.184 e. The van der Waals surface area contributed by atoms with Gasteiger partial charge in [0, 0.05) is 0 Å². The Bertz CT molecular complexity index is 380. The van der Waals surface area contributed by atoms with Crippen LogP contribution in [0.4, 0.5) is 0 Å². The fraction of sp³-hybridized carbons (Fsp3) is 0.867. The van der Waals surface area contributed by atoms with Gasteiger partial charge < -0.3 is 18.0 Å². The Balaban J connectivity index is 2.87. The molecule has 0 spiro atoms. The first-order chi connectivity index (χ1) is 9.77. The largest absolute Gasteiger partial charge is 0.493 e. The van der Waals surface area contributed by atoms with Crippen molar-refractivity contribution in [2.24, 2.45) is 0 Å². The molecule has 1 rings (SSSR count). The van der Waals surface area contributed by atoms with Gasteiger partial charge in [-0.05, 0) is 65.0 Å². The summed E-state index contributed by atoms with van der Waals surface area (Å²) < 4.78 is 24.6. The maximum absolute atomic E-state index is 6.41. The Morgan fingerprint density at radius 3 is 1.82 bits per heavy atom. The average Bonchev–Trinajstić information content (AvgIpc) is 2.24. The van der Waals surface area contributed by atoms with Gasteiger partial charge in [-0.25, -0.2) is 0 Å². The van der Waals surface area contributed by atoms with Gasteiger partial charge in [0.25, 0.3) is 0 Å². The Morgan fingerprint density at radius 1 is 0.818 bits per heavy atom. The van der Waals surface area contributed by atoms with E-state index >= 15 is 0 Å². The molecule has 0 radical (unpaired) electrons. The molecule has 0 aromatic heterocycles. The van der Waals surface area contributed by atoms with Crippen molar-refractivity contribution in [3.8, 4) is 0 Å². The third-order valence-corrected chi connectivity index (χ3v) is 5.86. The van der Waals surface area contributed by atoms with Gasteiger partial charge >= 0.3 is 0 Å². The van der Waals surface area contributed by atoms with Gasteiger partial charge in [0.15, 0.2) is 25.0 Å². The van der Waals surface area contributed by atoms with E-state index in [1.807, 2.05) is 6.08 Å². The summed E-state index contributed by atoms with van der Waals surface area (Å²) in [5, 5.41) is 0. The fourth-order valence-corrected chi connectivity index (χ4v) is 4.95. The third-order valence-electron chi connectivity index (χ3n) is 2.87. The zero-order valence-electron chi connectivity index (χ0n) is 15.7. The summed E-state index contributed by atoms with van der Waals surface area (Å²) in [7, 11) is -4.93. The third kappa shape index (κ3) is 8.07. The maximum atomic E-state index is 6.41. The van der Waals surface area contributed by atoms with Crippen LogP contribution < -0.4 is 0 Å². The van der Waals surface area contributed by atoms with Crippen LogP contribution in [0, 0.1) is 0 Å². The second-order valence-electron chi connectivity index (χ2n) is 8.82. The highest BCUT2D eigenvalue weighted by atomic mass is 28.4. The molecule has 0 bridgehead atoms. The first-order valence-electron chi connectivity index (χ1n) is 8.09. The van der Waals surface area contributed by atoms with Crippen LogP contribution >= 0.6 is 0 Å². The van der Waals surface area contributed by atoms with Crippen LogP contribution in [0.2, 0.25) is 58.9 Å². The first kappa shape index (κ1) is 20.1. The van der Waals surface area contributed by atoms with Gasteiger partial charge in [-0.15, -0.1) is 0 Å². The van der Waals surface area contributed by atoms with E-state index in [0.29, 0.717) is 6.61 Å². The van der Waals surface area contributed by atoms with Crippen molar-refractivity contribution in [1.29, 1.82) is 0 Å². The summed E-state index contributed by atoms with van der Waals surface area (Å²) in [6.45, 7) is 20.4. The molecular formula is C15H34O4Si3. The Morgan fingerprint density at radius 2 is 1.36 bits per heavy atom. The van der Waals surface area contributed by atoms with Crippen molar-refractivity contribution >= 4 is 25.0 Å². The van der Waals surface area contributed by atoms with Crippen molar-refractivity contribution in [2.75, 3.05) is 6.61 Å². The highest BCUT2D eigenvalue weighted by molar-refractivity contribution is 6.70. The lowest BCUT2D eigenvalue weighted by Crippen LogP contribution is -2.53. The lowest BCUT2D eigenvalue weighted by Gasteiger charge is -2.41. The number of ether oxygens (including phenoxy) is 1. The molecule has 0 aromatic carbocycles. The molecule has 22 heavy (non-hydrogen) atoms. The van der Waals surface area contributed by atoms with Crippen molar-refractivity contribution < 1.29 is 18.0 Å². The smallest absolute Gasteiger partial charge is 0.184 e. The number of hydrogen-bond donors (Lipinski definition) is 0. The lowest BCUT2D eigenvalue weighted by molar-refractivity contribution is -0.0641. The molecule has 0 N–H and O–H groups in total. The molecule has 7 heteroatoms. The summed E-state index contributed by atoms with van der Waals surface area (Å²) in [6.07, 6.45) is 3.54. The molecule has 0 amide bonds. The molecule has 3 atom stereocenters. The Labute approximate surface area is 139 Å². The second-order valence-corrected chi connectivity index (χ2v) is 22.3. The van der Waals surface area contributed by atoms with Crippen molar-refractivity contribution in [3.05, 3.63) is 12.3 Å². The second kappa shape index (κ2) is 7.31. The van der Waals surface area contributed by atoms with Crippen LogP contribution in [-0.4, -0.2) is 49.9 Å². The minimum atomic E-state index is -1.70. The lowest BCUT2D eigenvalue weighted by atomic mass is 10.1. The van der Waals surface area contributed by atoms with Crippen molar-refractivity contribution in [3.63, 3.8) is 0 Å². The molecule has 1 aliphatic rings. The van der Waals surface area contributed by atoms with E-state index in [1.54, 1.807) is 6.26 Å². The van der Waals surface area contributed by atoms with Crippen LogP contribution in [0.1, 0.15) is 0 Å². The van der Waals surface area contributed by atoms with E-state index < -0.39 is 25.0 Å². The van der Waals surface area contributed by atoms with Gasteiger partial charge in [0.1, 0.15) is 12.2 Å². The van der Waals surface area contributed by atoms with E-state index in [9.17, 15) is 0 Å². The van der Waals surface area contributed by atoms with E-state index in [4.69, 9.17) is 18.0 Å². The molecule has 1 aliphatic heterocycles. The van der Waals surface area contributed by atoms with Crippen molar-refractivity contribution in [2.45, 2.75) is 77.2 Å². The first-order valence-corrected chi connectivity index (χ1v) is 18.3. The van der Waals surface area contributed by atoms with Crippen LogP contribution in [0.25, 0.3) is 0 Å². The van der Waals surface area contributed by atoms with Crippen LogP contribution in [0.3, 0.4) is 0 Å². The Kier molecular flexibility index (Phi) is 6.69. The van der Waals surface area contributed by atoms with E-state index in [0.717, 1.165) is 0 Å². The molecule has 130 valence electrons. The van der Waals surface area contributed by atoms with Gasteiger partial charge in [0.05, 0.1) is 19.0 Å². The van der Waals surface area contributed by atoms with E-state index in [1.165, 1.54) is 0 Å². The summed E-state index contributed by atoms with van der Waals surface area (Å²) in [6, 6.07) is 0. The molecule has 0 aromatic rings. The molecule has 0 unspecified atom stereocenters. The fourth-order valence-electron chi connectivity index (χ4n) is 2.15. The molecule has 4 nitrogen and oxygen atoms in total. The van der Waals surface area contributed by atoms with Gasteiger partial charge in [0.2, 0.25) is 0 Å². The van der Waals surface area contributed by atoms with Gasteiger partial charge in [-0.1, -0.05) is 0 Å². The van der Waals surface area contributed by atoms with Crippen molar-refractivity contribution in [1.82, 2.24) is 0 Å². The van der Waals surface area contributed by atoms with E-state index in [2.05, 4.69) is 58.9 Å². The zero-order valence-corrected chi connectivity index (χ0v) is 18.7. The zero-order chi connectivity index (χ0) is 17.2. The van der Waals surface area contributed by atoms with Crippen LogP contribution in [0.15, 0.2) is 12.3 Å². The molecule has 0 fully saturated rings. The highest BCUT2D eigenvalue weighted by Gasteiger charge is 2.39. The van der Waals surface area contributed by atoms with Crippen LogP contribution in [0.5, 0.6) is 0 Å². The molecule has 0 aliphatic carbocycles. The molecular weight excluding hydrogens is 328 g/mol. The standard InChI is InChI=1S/C15H34O4Si3/c1-20(2,3)17-12-14-15(19-22(7,8)9)13(10-11-16-14)18-21(4,5)6/h10-11,13-15H,12H2,1-9H3/t13-,14-,15+/m1/s1. The highest BCUT2D eigenvalue weighted by Crippen LogP contribution is 2.26. The predicted octanol–water partition coefficient (Wildman–Crippen LogP) is 4.19. The average molecular weight is 363 g/mol. The van der Waals surface area contributed by atoms with Crippen LogP contribution in [-0.2, 0) is 18.0 Å².